The maximum absolute atomic E-state index is 12.2. The predicted molar refractivity (Wildman–Crippen MR) is 96.5 cm³/mol. The van der Waals surface area contributed by atoms with Crippen molar-refractivity contribution < 1.29 is 13.7 Å². The van der Waals surface area contributed by atoms with E-state index in [9.17, 15) is 9.00 Å². The SMILES string of the molecule is C[C@H](NC(=O)C[S@@](=O)C[C@H]1CCCO1)c1ccc2c(c1)CCCC2. The van der Waals surface area contributed by atoms with Gasteiger partial charge in [0, 0.05) is 17.4 Å². The van der Waals surface area contributed by atoms with Crippen molar-refractivity contribution in [3.63, 3.8) is 0 Å². The zero-order valence-electron chi connectivity index (χ0n) is 14.4. The van der Waals surface area contributed by atoms with Crippen LogP contribution in [0.5, 0.6) is 0 Å². The third-order valence-corrected chi connectivity index (χ3v) is 6.27. The van der Waals surface area contributed by atoms with Gasteiger partial charge < -0.3 is 10.1 Å². The Balaban J connectivity index is 1.51. The highest BCUT2D eigenvalue weighted by Crippen LogP contribution is 2.24. The number of benzene rings is 1. The molecule has 1 saturated heterocycles. The Bertz CT molecular complexity index is 611. The maximum atomic E-state index is 12.2. The van der Waals surface area contributed by atoms with Crippen molar-refractivity contribution in [2.75, 3.05) is 18.1 Å². The summed E-state index contributed by atoms with van der Waals surface area (Å²) in [7, 11) is -1.15. The first-order valence-electron chi connectivity index (χ1n) is 8.99. The number of amides is 1. The third kappa shape index (κ3) is 4.67. The molecule has 1 aromatic carbocycles. The Morgan fingerprint density at radius 1 is 1.29 bits per heavy atom. The van der Waals surface area contributed by atoms with Gasteiger partial charge in [0.1, 0.15) is 5.75 Å². The summed E-state index contributed by atoms with van der Waals surface area (Å²) in [5.41, 5.74) is 4.00. The Morgan fingerprint density at radius 3 is 2.83 bits per heavy atom. The second kappa shape index (κ2) is 8.26. The van der Waals surface area contributed by atoms with E-state index in [2.05, 4.69) is 23.5 Å². The molecule has 1 N–H and O–H groups in total. The molecule has 1 aliphatic heterocycles. The van der Waals surface area contributed by atoms with Crippen LogP contribution in [-0.2, 0) is 33.2 Å². The highest BCUT2D eigenvalue weighted by molar-refractivity contribution is 7.85. The molecule has 0 spiro atoms. The minimum Gasteiger partial charge on any atom is -0.377 e. The molecule has 0 aromatic heterocycles. The molecule has 1 aromatic rings. The van der Waals surface area contributed by atoms with Crippen LogP contribution < -0.4 is 5.32 Å². The zero-order valence-corrected chi connectivity index (χ0v) is 15.2. The largest absolute Gasteiger partial charge is 0.377 e. The highest BCUT2D eigenvalue weighted by Gasteiger charge is 2.20. The molecule has 132 valence electrons. The Morgan fingerprint density at radius 2 is 2.08 bits per heavy atom. The molecule has 0 unspecified atom stereocenters. The fourth-order valence-electron chi connectivity index (χ4n) is 3.58. The van der Waals surface area contributed by atoms with Crippen molar-refractivity contribution in [2.24, 2.45) is 0 Å². The molecule has 5 heteroatoms. The summed E-state index contributed by atoms with van der Waals surface area (Å²) in [6.07, 6.45) is 6.88. The van der Waals surface area contributed by atoms with E-state index in [0.29, 0.717) is 5.75 Å². The lowest BCUT2D eigenvalue weighted by Gasteiger charge is -2.20. The van der Waals surface area contributed by atoms with Crippen LogP contribution in [0.3, 0.4) is 0 Å². The lowest BCUT2D eigenvalue weighted by atomic mass is 9.89. The van der Waals surface area contributed by atoms with Gasteiger partial charge in [-0.3, -0.25) is 9.00 Å². The Hall–Kier alpha value is -1.20. The molecule has 1 fully saturated rings. The summed E-state index contributed by atoms with van der Waals surface area (Å²) in [6.45, 7) is 2.74. The molecule has 1 amide bonds. The van der Waals surface area contributed by atoms with Crippen molar-refractivity contribution in [3.8, 4) is 0 Å². The second-order valence-corrected chi connectivity index (χ2v) is 8.41. The first-order valence-corrected chi connectivity index (χ1v) is 10.5. The van der Waals surface area contributed by atoms with Gasteiger partial charge in [-0.1, -0.05) is 18.2 Å². The van der Waals surface area contributed by atoms with Crippen molar-refractivity contribution in [3.05, 3.63) is 34.9 Å². The number of carbonyl (C=O) groups excluding carboxylic acids is 1. The van der Waals surface area contributed by atoms with Crippen molar-refractivity contribution in [1.82, 2.24) is 5.32 Å². The third-order valence-electron chi connectivity index (χ3n) is 4.94. The van der Waals surface area contributed by atoms with Crippen LogP contribution in [-0.4, -0.2) is 34.3 Å². The van der Waals surface area contributed by atoms with E-state index in [0.717, 1.165) is 31.4 Å². The summed E-state index contributed by atoms with van der Waals surface area (Å²) >= 11 is 0. The maximum Gasteiger partial charge on any atom is 0.233 e. The van der Waals surface area contributed by atoms with Gasteiger partial charge in [-0.15, -0.1) is 0 Å². The molecule has 3 atom stereocenters. The van der Waals surface area contributed by atoms with Crippen molar-refractivity contribution in [2.45, 2.75) is 57.6 Å². The first-order chi connectivity index (χ1) is 11.6. The molecular formula is C19H27NO3S. The molecule has 0 bridgehead atoms. The van der Waals surface area contributed by atoms with E-state index in [1.54, 1.807) is 0 Å². The van der Waals surface area contributed by atoms with Crippen LogP contribution in [0.25, 0.3) is 0 Å². The van der Waals surface area contributed by atoms with E-state index in [4.69, 9.17) is 4.74 Å². The van der Waals surface area contributed by atoms with Gasteiger partial charge in [0.05, 0.1) is 17.9 Å². The second-order valence-electron chi connectivity index (χ2n) is 6.91. The van der Waals surface area contributed by atoms with Gasteiger partial charge in [-0.2, -0.15) is 0 Å². The number of nitrogens with one attached hydrogen (secondary N) is 1. The number of fused-ring (bicyclic) bond motifs is 1. The van der Waals surface area contributed by atoms with Crippen molar-refractivity contribution in [1.29, 1.82) is 0 Å². The molecule has 0 radical (unpaired) electrons. The number of aryl methyl sites for hydroxylation is 2. The van der Waals surface area contributed by atoms with E-state index < -0.39 is 10.8 Å². The number of hydrogen-bond donors (Lipinski definition) is 1. The molecule has 4 nitrogen and oxygen atoms in total. The van der Waals surface area contributed by atoms with Crippen LogP contribution in [0.15, 0.2) is 18.2 Å². The van der Waals surface area contributed by atoms with Crippen LogP contribution in [0.1, 0.15) is 55.3 Å². The average Bonchev–Trinajstić information content (AvgIpc) is 3.06. The molecule has 3 rings (SSSR count). The topological polar surface area (TPSA) is 55.4 Å². The number of ether oxygens (including phenoxy) is 1. The summed E-state index contributed by atoms with van der Waals surface area (Å²) in [5.74, 6) is 0.395. The standard InChI is InChI=1S/C19H27NO3S/c1-14(16-9-8-15-5-2-3-6-17(15)11-16)20-19(21)13-24(22)12-18-7-4-10-23-18/h8-9,11,14,18H,2-7,10,12-13H2,1H3,(H,20,21)/t14-,18+,24-/m0/s1. The van der Waals surface area contributed by atoms with Gasteiger partial charge in [-0.25, -0.2) is 0 Å². The van der Waals surface area contributed by atoms with E-state index in [-0.39, 0.29) is 23.8 Å². The molecular weight excluding hydrogens is 322 g/mol. The number of rotatable bonds is 6. The van der Waals surface area contributed by atoms with Crippen LogP contribution in [0.2, 0.25) is 0 Å². The van der Waals surface area contributed by atoms with E-state index in [1.807, 2.05) is 6.92 Å². The molecule has 1 aliphatic carbocycles. The minimum atomic E-state index is -1.15. The van der Waals surface area contributed by atoms with Crippen LogP contribution in [0, 0.1) is 0 Å². The fourth-order valence-corrected chi connectivity index (χ4v) is 4.75. The fraction of sp³-hybridized carbons (Fsp3) is 0.632. The minimum absolute atomic E-state index is 0.0514. The van der Waals surface area contributed by atoms with Crippen LogP contribution >= 0.6 is 0 Å². The summed E-state index contributed by atoms with van der Waals surface area (Å²) in [4.78, 5) is 12.2. The highest BCUT2D eigenvalue weighted by atomic mass is 32.2. The number of carbonyl (C=O) groups is 1. The average molecular weight is 349 g/mol. The predicted octanol–water partition coefficient (Wildman–Crippen LogP) is 2.67. The monoisotopic (exact) mass is 349 g/mol. The van der Waals surface area contributed by atoms with Gasteiger partial charge in [0.25, 0.3) is 0 Å². The quantitative estimate of drug-likeness (QED) is 0.859. The Labute approximate surface area is 146 Å². The van der Waals surface area contributed by atoms with Gasteiger partial charge in [-0.05, 0) is 62.1 Å². The molecule has 2 aliphatic rings. The lowest BCUT2D eigenvalue weighted by molar-refractivity contribution is -0.119. The molecule has 24 heavy (non-hydrogen) atoms. The summed E-state index contributed by atoms with van der Waals surface area (Å²) < 4.78 is 17.6. The molecule has 0 saturated carbocycles. The number of hydrogen-bond acceptors (Lipinski definition) is 3. The molecule has 1 heterocycles. The van der Waals surface area contributed by atoms with Gasteiger partial charge in [0.15, 0.2) is 0 Å². The smallest absolute Gasteiger partial charge is 0.233 e. The van der Waals surface area contributed by atoms with E-state index >= 15 is 0 Å². The first kappa shape index (κ1) is 17.6. The summed E-state index contributed by atoms with van der Waals surface area (Å²) in [5, 5.41) is 2.99. The van der Waals surface area contributed by atoms with E-state index in [1.165, 1.54) is 30.4 Å². The van der Waals surface area contributed by atoms with Crippen molar-refractivity contribution >= 4 is 16.7 Å². The Kier molecular flexibility index (Phi) is 6.06. The normalized spacial score (nSPS) is 22.6. The van der Waals surface area contributed by atoms with Gasteiger partial charge >= 0.3 is 0 Å². The summed E-state index contributed by atoms with van der Waals surface area (Å²) in [6, 6.07) is 6.48. The lowest BCUT2D eigenvalue weighted by Crippen LogP contribution is -2.32. The van der Waals surface area contributed by atoms with Gasteiger partial charge in [0.2, 0.25) is 5.91 Å². The zero-order chi connectivity index (χ0) is 16.9. The van der Waals surface area contributed by atoms with Crippen LogP contribution in [0.4, 0.5) is 0 Å².